The average molecular weight is 271 g/mol. The summed E-state index contributed by atoms with van der Waals surface area (Å²) in [5.74, 6) is 6.74. The fourth-order valence-electron chi connectivity index (χ4n) is 1.72. The molecule has 20 heavy (non-hydrogen) atoms. The monoisotopic (exact) mass is 271 g/mol. The number of nitrogens with zero attached hydrogens (tertiary/aromatic N) is 3. The zero-order valence-corrected chi connectivity index (χ0v) is 11.4. The summed E-state index contributed by atoms with van der Waals surface area (Å²) in [6.45, 7) is 1.70. The Balaban J connectivity index is 2.43. The summed E-state index contributed by atoms with van der Waals surface area (Å²) in [6.07, 6.45) is 0. The van der Waals surface area contributed by atoms with Crippen LogP contribution in [0.1, 0.15) is 17.1 Å². The van der Waals surface area contributed by atoms with Crippen molar-refractivity contribution >= 4 is 5.82 Å². The van der Waals surface area contributed by atoms with Crippen molar-refractivity contribution in [1.82, 2.24) is 9.55 Å². The number of imidazole rings is 1. The van der Waals surface area contributed by atoms with Gasteiger partial charge in [0, 0.05) is 12.5 Å². The third-order valence-corrected chi connectivity index (χ3v) is 2.86. The predicted molar refractivity (Wildman–Crippen MR) is 73.6 cm³/mol. The van der Waals surface area contributed by atoms with Gasteiger partial charge in [0.05, 0.1) is 14.2 Å². The molecule has 2 aromatic rings. The Kier molecular flexibility index (Phi) is 3.71. The lowest BCUT2D eigenvalue weighted by molar-refractivity contribution is -0.392. The molecule has 0 spiro atoms. The first-order valence-electron chi connectivity index (χ1n) is 5.86. The fraction of sp³-hybridized carbons (Fsp3) is 0.214. The number of ether oxygens (including phenoxy) is 1. The van der Waals surface area contributed by atoms with E-state index in [9.17, 15) is 10.1 Å². The van der Waals surface area contributed by atoms with E-state index in [0.717, 1.165) is 0 Å². The second-order valence-corrected chi connectivity index (χ2v) is 4.13. The van der Waals surface area contributed by atoms with Gasteiger partial charge in [0.15, 0.2) is 5.82 Å². The Bertz CT molecular complexity index is 723. The summed E-state index contributed by atoms with van der Waals surface area (Å²) in [7, 11) is 3.16. The summed E-state index contributed by atoms with van der Waals surface area (Å²) < 4.78 is 6.51. The maximum absolute atomic E-state index is 11.0. The molecule has 1 aromatic carbocycles. The largest absolute Gasteiger partial charge is 0.497 e. The number of benzene rings is 1. The first kappa shape index (κ1) is 13.6. The molecule has 0 amide bonds. The number of nitro groups is 1. The fourth-order valence-corrected chi connectivity index (χ4v) is 1.72. The molecule has 6 heteroatoms. The summed E-state index contributed by atoms with van der Waals surface area (Å²) in [5, 5.41) is 11.0. The lowest BCUT2D eigenvalue weighted by Crippen LogP contribution is -1.99. The highest BCUT2D eigenvalue weighted by Crippen LogP contribution is 2.18. The summed E-state index contributed by atoms with van der Waals surface area (Å²) in [6, 6.07) is 7.17. The van der Waals surface area contributed by atoms with Crippen LogP contribution in [0.3, 0.4) is 0 Å². The minimum Gasteiger partial charge on any atom is -0.497 e. The SMILES string of the molecule is COc1cccc(C#Cc2nc(C)n(C)c2[N+](=O)[O-])c1. The van der Waals surface area contributed by atoms with E-state index in [0.29, 0.717) is 17.1 Å². The van der Waals surface area contributed by atoms with E-state index in [2.05, 4.69) is 16.8 Å². The van der Waals surface area contributed by atoms with Gasteiger partial charge in [-0.1, -0.05) is 12.0 Å². The highest BCUT2D eigenvalue weighted by molar-refractivity contribution is 5.49. The molecule has 0 aliphatic rings. The van der Waals surface area contributed by atoms with E-state index in [1.54, 1.807) is 45.3 Å². The second kappa shape index (κ2) is 5.45. The van der Waals surface area contributed by atoms with Crippen molar-refractivity contribution in [3.63, 3.8) is 0 Å². The van der Waals surface area contributed by atoms with Crippen LogP contribution in [0.15, 0.2) is 24.3 Å². The van der Waals surface area contributed by atoms with Gasteiger partial charge in [-0.3, -0.25) is 0 Å². The molecule has 0 N–H and O–H groups in total. The first-order chi connectivity index (χ1) is 9.52. The molecule has 0 saturated heterocycles. The Labute approximate surface area is 116 Å². The Morgan fingerprint density at radius 3 is 2.80 bits per heavy atom. The molecule has 2 rings (SSSR count). The Morgan fingerprint density at radius 2 is 2.15 bits per heavy atom. The minimum atomic E-state index is -0.477. The highest BCUT2D eigenvalue weighted by Gasteiger charge is 2.20. The number of rotatable bonds is 2. The van der Waals surface area contributed by atoms with Crippen LogP contribution in [0.25, 0.3) is 0 Å². The van der Waals surface area contributed by atoms with Gasteiger partial charge in [-0.15, -0.1) is 0 Å². The molecule has 0 bridgehead atoms. The molecule has 0 saturated carbocycles. The van der Waals surface area contributed by atoms with E-state index in [1.807, 2.05) is 0 Å². The molecule has 1 heterocycles. The predicted octanol–water partition coefficient (Wildman–Crippen LogP) is 2.05. The Hall–Kier alpha value is -2.81. The van der Waals surface area contributed by atoms with Crippen LogP contribution in [0.5, 0.6) is 5.75 Å². The lowest BCUT2D eigenvalue weighted by atomic mass is 10.2. The highest BCUT2D eigenvalue weighted by atomic mass is 16.6. The van der Waals surface area contributed by atoms with Gasteiger partial charge in [0.2, 0.25) is 5.69 Å². The van der Waals surface area contributed by atoms with E-state index < -0.39 is 4.92 Å². The number of aryl methyl sites for hydroxylation is 1. The number of hydrogen-bond acceptors (Lipinski definition) is 4. The van der Waals surface area contributed by atoms with Crippen LogP contribution in [0, 0.1) is 28.9 Å². The van der Waals surface area contributed by atoms with Crippen LogP contribution < -0.4 is 4.74 Å². The maximum atomic E-state index is 11.0. The molecule has 0 radical (unpaired) electrons. The van der Waals surface area contributed by atoms with Crippen LogP contribution in [-0.2, 0) is 7.05 Å². The van der Waals surface area contributed by atoms with Gasteiger partial charge in [-0.05, 0) is 29.0 Å². The third-order valence-electron chi connectivity index (χ3n) is 2.86. The topological polar surface area (TPSA) is 70.2 Å². The maximum Gasteiger partial charge on any atom is 0.358 e. The van der Waals surface area contributed by atoms with Crippen molar-refractivity contribution in [2.75, 3.05) is 7.11 Å². The number of methoxy groups -OCH3 is 1. The van der Waals surface area contributed by atoms with Gasteiger partial charge in [-0.25, -0.2) is 4.57 Å². The smallest absolute Gasteiger partial charge is 0.358 e. The normalized spacial score (nSPS) is 9.75. The van der Waals surface area contributed by atoms with Crippen LogP contribution in [-0.4, -0.2) is 21.6 Å². The van der Waals surface area contributed by atoms with E-state index >= 15 is 0 Å². The van der Waals surface area contributed by atoms with Crippen LogP contribution in [0.2, 0.25) is 0 Å². The second-order valence-electron chi connectivity index (χ2n) is 4.13. The molecule has 6 nitrogen and oxygen atoms in total. The quantitative estimate of drug-likeness (QED) is 0.476. The average Bonchev–Trinajstić information content (AvgIpc) is 2.72. The van der Waals surface area contributed by atoms with Crippen LogP contribution >= 0.6 is 0 Å². The zero-order chi connectivity index (χ0) is 14.7. The van der Waals surface area contributed by atoms with E-state index in [-0.39, 0.29) is 11.5 Å². The third kappa shape index (κ3) is 2.62. The van der Waals surface area contributed by atoms with Gasteiger partial charge in [0.1, 0.15) is 5.75 Å². The van der Waals surface area contributed by atoms with Gasteiger partial charge < -0.3 is 14.9 Å². The van der Waals surface area contributed by atoms with Gasteiger partial charge >= 0.3 is 5.82 Å². The van der Waals surface area contributed by atoms with E-state index in [4.69, 9.17) is 4.74 Å². The Morgan fingerprint density at radius 1 is 1.40 bits per heavy atom. The van der Waals surface area contributed by atoms with Crippen molar-refractivity contribution in [3.8, 4) is 17.6 Å². The molecule has 0 aliphatic heterocycles. The molecule has 0 unspecified atom stereocenters. The molecule has 0 fully saturated rings. The van der Waals surface area contributed by atoms with Crippen molar-refractivity contribution in [1.29, 1.82) is 0 Å². The number of hydrogen-bond donors (Lipinski definition) is 0. The van der Waals surface area contributed by atoms with Gasteiger partial charge in [0.25, 0.3) is 0 Å². The lowest BCUT2D eigenvalue weighted by Gasteiger charge is -1.98. The first-order valence-corrected chi connectivity index (χ1v) is 5.86. The summed E-state index contributed by atoms with van der Waals surface area (Å²) in [5.41, 5.74) is 0.875. The summed E-state index contributed by atoms with van der Waals surface area (Å²) in [4.78, 5) is 14.7. The molecule has 0 atom stereocenters. The molecule has 102 valence electrons. The molecular weight excluding hydrogens is 258 g/mol. The zero-order valence-electron chi connectivity index (χ0n) is 11.4. The number of aromatic nitrogens is 2. The molecular formula is C14H13N3O3. The van der Waals surface area contributed by atoms with Crippen molar-refractivity contribution in [2.24, 2.45) is 7.05 Å². The molecule has 0 aliphatic carbocycles. The van der Waals surface area contributed by atoms with Crippen molar-refractivity contribution in [2.45, 2.75) is 6.92 Å². The molecule has 1 aromatic heterocycles. The minimum absolute atomic E-state index is 0.0992. The standard InChI is InChI=1S/C14H13N3O3/c1-10-15-13(14(16(10)2)17(18)19)8-7-11-5-4-6-12(9-11)20-3/h4-6,9H,1-3H3. The van der Waals surface area contributed by atoms with Crippen LogP contribution in [0.4, 0.5) is 5.82 Å². The van der Waals surface area contributed by atoms with Gasteiger partial charge in [-0.2, -0.15) is 4.98 Å². The van der Waals surface area contributed by atoms with E-state index in [1.165, 1.54) is 4.57 Å². The van der Waals surface area contributed by atoms with Crippen molar-refractivity contribution < 1.29 is 9.66 Å². The summed E-state index contributed by atoms with van der Waals surface area (Å²) >= 11 is 0. The van der Waals surface area contributed by atoms with Crippen molar-refractivity contribution in [3.05, 3.63) is 51.5 Å².